The Morgan fingerprint density at radius 3 is 2.67 bits per heavy atom. The number of hydrogen-bond donors (Lipinski definition) is 2. The molecule has 2 N–H and O–H groups in total. The molecule has 7 heteroatoms. The number of aromatic nitrogens is 1. The average molecular weight is 445 g/mol. The summed E-state index contributed by atoms with van der Waals surface area (Å²) in [5, 5.41) is 6.60. The third-order valence-electron chi connectivity index (χ3n) is 3.98. The zero-order valence-electron chi connectivity index (χ0n) is 14.5. The minimum atomic E-state index is 0. The fourth-order valence-electron chi connectivity index (χ4n) is 2.56. The number of carbonyl (C=O) groups excluding carboxylic acids is 1. The molecule has 1 aliphatic carbocycles. The number of rotatable bonds is 5. The molecule has 0 bridgehead atoms. The van der Waals surface area contributed by atoms with Gasteiger partial charge < -0.3 is 15.5 Å². The van der Waals surface area contributed by atoms with Crippen LogP contribution in [0.4, 0.5) is 0 Å². The number of aliphatic imine (C=N–C) groups is 1. The summed E-state index contributed by atoms with van der Waals surface area (Å²) >= 11 is 0. The Labute approximate surface area is 161 Å². The van der Waals surface area contributed by atoms with E-state index in [0.29, 0.717) is 18.5 Å². The number of likely N-dealkylation sites (N-methyl/N-ethyl adjacent to an activating group) is 1. The molecule has 0 aromatic carbocycles. The summed E-state index contributed by atoms with van der Waals surface area (Å²) in [6, 6.07) is 6.23. The van der Waals surface area contributed by atoms with Crippen LogP contribution < -0.4 is 10.6 Å². The summed E-state index contributed by atoms with van der Waals surface area (Å²) in [4.78, 5) is 22.2. The van der Waals surface area contributed by atoms with Gasteiger partial charge in [0.1, 0.15) is 0 Å². The van der Waals surface area contributed by atoms with E-state index in [9.17, 15) is 4.79 Å². The van der Waals surface area contributed by atoms with Crippen molar-refractivity contribution in [1.82, 2.24) is 20.5 Å². The highest BCUT2D eigenvalue weighted by Gasteiger charge is 2.15. The Morgan fingerprint density at radius 1 is 1.29 bits per heavy atom. The lowest BCUT2D eigenvalue weighted by Crippen LogP contribution is -2.47. The van der Waals surface area contributed by atoms with E-state index in [1.807, 2.05) is 18.2 Å². The molecular weight excluding hydrogens is 417 g/mol. The molecule has 1 heterocycles. The summed E-state index contributed by atoms with van der Waals surface area (Å²) in [5.74, 6) is 0.721. The predicted octanol–water partition coefficient (Wildman–Crippen LogP) is 2.16. The van der Waals surface area contributed by atoms with Crippen molar-refractivity contribution < 1.29 is 4.79 Å². The number of nitrogens with zero attached hydrogens (tertiary/aromatic N) is 3. The molecule has 1 fully saturated rings. The van der Waals surface area contributed by atoms with Gasteiger partial charge in [-0.05, 0) is 25.0 Å². The maximum absolute atomic E-state index is 11.8. The van der Waals surface area contributed by atoms with E-state index in [-0.39, 0.29) is 36.4 Å². The highest BCUT2D eigenvalue weighted by Crippen LogP contribution is 2.17. The van der Waals surface area contributed by atoms with Crippen LogP contribution in [0.25, 0.3) is 0 Å². The first-order valence-electron chi connectivity index (χ1n) is 8.30. The number of hydrogen-bond acceptors (Lipinski definition) is 3. The van der Waals surface area contributed by atoms with Gasteiger partial charge in [-0.2, -0.15) is 0 Å². The van der Waals surface area contributed by atoms with Crippen LogP contribution >= 0.6 is 24.0 Å². The standard InChI is InChI=1S/C17H27N5O.HI/c1-22(2)16(23)13-20-17(21-14-8-4-3-5-9-14)19-12-15-10-6-7-11-18-15;/h6-7,10-11,14H,3-5,8-9,12-13H2,1-2H3,(H2,19,20,21);1H. The number of pyridine rings is 1. The van der Waals surface area contributed by atoms with Gasteiger partial charge in [-0.25, -0.2) is 4.99 Å². The molecule has 0 atom stereocenters. The molecule has 1 aliphatic rings. The molecule has 24 heavy (non-hydrogen) atoms. The summed E-state index contributed by atoms with van der Waals surface area (Å²) in [5.41, 5.74) is 0.913. The lowest BCUT2D eigenvalue weighted by Gasteiger charge is -2.25. The Balaban J connectivity index is 0.00000288. The average Bonchev–Trinajstić information content (AvgIpc) is 2.58. The van der Waals surface area contributed by atoms with Gasteiger partial charge in [-0.1, -0.05) is 25.3 Å². The third-order valence-corrected chi connectivity index (χ3v) is 3.98. The Morgan fingerprint density at radius 2 is 2.04 bits per heavy atom. The van der Waals surface area contributed by atoms with E-state index in [1.54, 1.807) is 25.2 Å². The zero-order chi connectivity index (χ0) is 16.5. The first kappa shape index (κ1) is 20.7. The van der Waals surface area contributed by atoms with E-state index in [0.717, 1.165) is 18.5 Å². The normalized spacial score (nSPS) is 15.3. The second kappa shape index (κ2) is 11.2. The quantitative estimate of drug-likeness (QED) is 0.414. The van der Waals surface area contributed by atoms with Crippen LogP contribution in [0.15, 0.2) is 29.4 Å². The second-order valence-corrected chi connectivity index (χ2v) is 6.11. The molecule has 134 valence electrons. The van der Waals surface area contributed by atoms with E-state index >= 15 is 0 Å². The molecule has 1 aromatic rings. The smallest absolute Gasteiger partial charge is 0.241 e. The van der Waals surface area contributed by atoms with Crippen LogP contribution in [0.3, 0.4) is 0 Å². The maximum Gasteiger partial charge on any atom is 0.241 e. The van der Waals surface area contributed by atoms with Crippen LogP contribution in [0.1, 0.15) is 37.8 Å². The van der Waals surface area contributed by atoms with Gasteiger partial charge in [0.05, 0.1) is 18.8 Å². The first-order chi connectivity index (χ1) is 11.1. The Hall–Kier alpha value is -1.38. The highest BCUT2D eigenvalue weighted by molar-refractivity contribution is 14.0. The lowest BCUT2D eigenvalue weighted by molar-refractivity contribution is -0.127. The van der Waals surface area contributed by atoms with Crippen molar-refractivity contribution in [2.24, 2.45) is 4.99 Å². The monoisotopic (exact) mass is 445 g/mol. The van der Waals surface area contributed by atoms with Gasteiger partial charge in [0.15, 0.2) is 5.96 Å². The fourth-order valence-corrected chi connectivity index (χ4v) is 2.56. The van der Waals surface area contributed by atoms with E-state index in [4.69, 9.17) is 0 Å². The molecule has 0 spiro atoms. The number of carbonyl (C=O) groups is 1. The van der Waals surface area contributed by atoms with E-state index in [2.05, 4.69) is 20.6 Å². The van der Waals surface area contributed by atoms with Crippen molar-refractivity contribution in [3.05, 3.63) is 30.1 Å². The van der Waals surface area contributed by atoms with Gasteiger partial charge >= 0.3 is 0 Å². The van der Waals surface area contributed by atoms with Gasteiger partial charge in [-0.3, -0.25) is 9.78 Å². The molecule has 1 aromatic heterocycles. The van der Waals surface area contributed by atoms with Crippen LogP contribution in [-0.2, 0) is 11.3 Å². The first-order valence-corrected chi connectivity index (χ1v) is 8.30. The Kier molecular flexibility index (Phi) is 9.66. The SMILES string of the molecule is CN(C)C(=O)CNC(=NCc1ccccn1)NC1CCCCC1.I. The molecule has 0 saturated heterocycles. The second-order valence-electron chi connectivity index (χ2n) is 6.11. The number of guanidine groups is 1. The van der Waals surface area contributed by atoms with E-state index in [1.165, 1.54) is 19.3 Å². The van der Waals surface area contributed by atoms with Gasteiger partial charge in [0.2, 0.25) is 5.91 Å². The topological polar surface area (TPSA) is 69.6 Å². The number of amides is 1. The Bertz CT molecular complexity index is 515. The summed E-state index contributed by atoms with van der Waals surface area (Å²) in [7, 11) is 3.51. The van der Waals surface area contributed by atoms with Crippen LogP contribution in [0.2, 0.25) is 0 Å². The molecule has 0 aliphatic heterocycles. The lowest BCUT2D eigenvalue weighted by atomic mass is 9.96. The maximum atomic E-state index is 11.8. The summed E-state index contributed by atoms with van der Waals surface area (Å²) in [6.45, 7) is 0.743. The van der Waals surface area contributed by atoms with Crippen molar-refractivity contribution in [3.63, 3.8) is 0 Å². The van der Waals surface area contributed by atoms with Crippen molar-refractivity contribution >= 4 is 35.8 Å². The molecule has 0 unspecified atom stereocenters. The van der Waals surface area contributed by atoms with Crippen LogP contribution in [0, 0.1) is 0 Å². The predicted molar refractivity (Wildman–Crippen MR) is 107 cm³/mol. The molecule has 0 radical (unpaired) electrons. The van der Waals surface area contributed by atoms with Crippen molar-refractivity contribution in [3.8, 4) is 0 Å². The largest absolute Gasteiger partial charge is 0.354 e. The summed E-state index contributed by atoms with van der Waals surface area (Å²) in [6.07, 6.45) is 7.90. The van der Waals surface area contributed by atoms with Crippen molar-refractivity contribution in [1.29, 1.82) is 0 Å². The minimum Gasteiger partial charge on any atom is -0.354 e. The van der Waals surface area contributed by atoms with E-state index < -0.39 is 0 Å². The molecule has 6 nitrogen and oxygen atoms in total. The molecule has 1 amide bonds. The highest BCUT2D eigenvalue weighted by atomic mass is 127. The molecule has 1 saturated carbocycles. The fraction of sp³-hybridized carbons (Fsp3) is 0.588. The minimum absolute atomic E-state index is 0. The summed E-state index contributed by atoms with van der Waals surface area (Å²) < 4.78 is 0. The third kappa shape index (κ3) is 7.46. The number of nitrogens with one attached hydrogen (secondary N) is 2. The van der Waals surface area contributed by atoms with Gasteiger partial charge in [-0.15, -0.1) is 24.0 Å². The molecular formula is C17H28IN5O. The zero-order valence-corrected chi connectivity index (χ0v) is 16.8. The van der Waals surface area contributed by atoms with Crippen molar-refractivity contribution in [2.45, 2.75) is 44.7 Å². The van der Waals surface area contributed by atoms with Gasteiger partial charge in [0, 0.05) is 26.3 Å². The molecule has 2 rings (SSSR count). The van der Waals surface area contributed by atoms with Crippen LogP contribution in [0.5, 0.6) is 0 Å². The van der Waals surface area contributed by atoms with Gasteiger partial charge in [0.25, 0.3) is 0 Å². The van der Waals surface area contributed by atoms with Crippen LogP contribution in [-0.4, -0.2) is 48.4 Å². The number of halogens is 1. The van der Waals surface area contributed by atoms with Crippen molar-refractivity contribution in [2.75, 3.05) is 20.6 Å².